The fourth-order valence-electron chi connectivity index (χ4n) is 3.89. The van der Waals surface area contributed by atoms with E-state index in [0.29, 0.717) is 11.5 Å². The third kappa shape index (κ3) is 3.02. The number of rotatable bonds is 3. The molecule has 0 amide bonds. The third-order valence-corrected chi connectivity index (χ3v) is 5.06. The molecule has 1 saturated carbocycles. The van der Waals surface area contributed by atoms with Gasteiger partial charge < -0.3 is 5.32 Å². The lowest BCUT2D eigenvalue weighted by molar-refractivity contribution is 0.101. The Morgan fingerprint density at radius 3 is 2.53 bits per heavy atom. The molecular weight excluding hydrogens is 230 g/mol. The molecule has 1 aliphatic rings. The number of benzene rings is 1. The van der Waals surface area contributed by atoms with Crippen LogP contribution in [0.1, 0.15) is 62.3 Å². The number of hydrogen-bond acceptors (Lipinski definition) is 1. The smallest absolute Gasteiger partial charge is 0.0353 e. The summed E-state index contributed by atoms with van der Waals surface area (Å²) >= 11 is 0. The zero-order chi connectivity index (χ0) is 14.0. The van der Waals surface area contributed by atoms with E-state index in [-0.39, 0.29) is 0 Å². The van der Waals surface area contributed by atoms with Crippen LogP contribution in [0.25, 0.3) is 0 Å². The molecule has 0 bridgehead atoms. The van der Waals surface area contributed by atoms with E-state index in [2.05, 4.69) is 58.3 Å². The average molecular weight is 259 g/mol. The van der Waals surface area contributed by atoms with E-state index >= 15 is 0 Å². The zero-order valence-electron chi connectivity index (χ0n) is 13.2. The molecule has 0 radical (unpaired) electrons. The highest BCUT2D eigenvalue weighted by Gasteiger charge is 2.37. The van der Waals surface area contributed by atoms with E-state index in [1.807, 2.05) is 0 Å². The quantitative estimate of drug-likeness (QED) is 0.823. The maximum Gasteiger partial charge on any atom is 0.0353 e. The Hall–Kier alpha value is -0.820. The molecule has 1 fully saturated rings. The Balaban J connectivity index is 2.33. The van der Waals surface area contributed by atoms with E-state index in [9.17, 15) is 0 Å². The minimum absolute atomic E-state index is 0.448. The van der Waals surface area contributed by atoms with Gasteiger partial charge in [0.2, 0.25) is 0 Å². The van der Waals surface area contributed by atoms with Crippen molar-refractivity contribution in [3.63, 3.8) is 0 Å². The summed E-state index contributed by atoms with van der Waals surface area (Å²) in [6.07, 6.45) is 5.50. The highest BCUT2D eigenvalue weighted by molar-refractivity contribution is 5.33. The van der Waals surface area contributed by atoms with Gasteiger partial charge in [0, 0.05) is 6.04 Å². The van der Waals surface area contributed by atoms with Gasteiger partial charge in [-0.25, -0.2) is 0 Å². The highest BCUT2D eigenvalue weighted by Crippen LogP contribution is 2.47. The summed E-state index contributed by atoms with van der Waals surface area (Å²) in [7, 11) is 2.12. The normalized spacial score (nSPS) is 24.2. The molecule has 0 aliphatic heterocycles. The third-order valence-electron chi connectivity index (χ3n) is 5.06. The second kappa shape index (κ2) is 5.66. The van der Waals surface area contributed by atoms with Crippen LogP contribution in [-0.4, -0.2) is 7.05 Å². The van der Waals surface area contributed by atoms with Gasteiger partial charge in [-0.05, 0) is 56.2 Å². The van der Waals surface area contributed by atoms with E-state index in [0.717, 1.165) is 5.92 Å². The van der Waals surface area contributed by atoms with Gasteiger partial charge in [-0.15, -0.1) is 0 Å². The van der Waals surface area contributed by atoms with Crippen molar-refractivity contribution in [1.29, 1.82) is 0 Å². The Morgan fingerprint density at radius 2 is 1.95 bits per heavy atom. The Morgan fingerprint density at radius 1 is 1.21 bits per heavy atom. The standard InChI is InChI=1S/C18H29N/c1-13-9-10-15(14(2)12-13)17(19-5)16-8-6-7-11-18(16,3)4/h9-10,12,16-17,19H,6-8,11H2,1-5H3. The summed E-state index contributed by atoms with van der Waals surface area (Å²) < 4.78 is 0. The summed E-state index contributed by atoms with van der Waals surface area (Å²) in [4.78, 5) is 0. The molecule has 0 spiro atoms. The summed E-state index contributed by atoms with van der Waals surface area (Å²) in [5.74, 6) is 0.743. The second-order valence-corrected chi connectivity index (χ2v) is 6.97. The molecule has 0 saturated heterocycles. The lowest BCUT2D eigenvalue weighted by Crippen LogP contribution is -2.38. The van der Waals surface area contributed by atoms with E-state index in [1.54, 1.807) is 0 Å². The first-order valence-corrected chi connectivity index (χ1v) is 7.70. The fourth-order valence-corrected chi connectivity index (χ4v) is 3.89. The van der Waals surface area contributed by atoms with Gasteiger partial charge in [0.15, 0.2) is 0 Å². The van der Waals surface area contributed by atoms with Crippen LogP contribution >= 0.6 is 0 Å². The average Bonchev–Trinajstić information content (AvgIpc) is 2.34. The first-order chi connectivity index (χ1) is 8.95. The van der Waals surface area contributed by atoms with Gasteiger partial charge in [-0.1, -0.05) is 50.5 Å². The van der Waals surface area contributed by atoms with Crippen LogP contribution in [0.2, 0.25) is 0 Å². The molecule has 2 atom stereocenters. The van der Waals surface area contributed by atoms with Crippen LogP contribution in [-0.2, 0) is 0 Å². The number of hydrogen-bond donors (Lipinski definition) is 1. The van der Waals surface area contributed by atoms with Crippen LogP contribution in [0.3, 0.4) is 0 Å². The second-order valence-electron chi connectivity index (χ2n) is 6.97. The molecule has 0 heterocycles. The zero-order valence-corrected chi connectivity index (χ0v) is 13.2. The molecule has 106 valence electrons. The van der Waals surface area contributed by atoms with Crippen molar-refractivity contribution in [3.8, 4) is 0 Å². The summed E-state index contributed by atoms with van der Waals surface area (Å²) in [5, 5.41) is 3.60. The molecule has 1 heteroatoms. The van der Waals surface area contributed by atoms with Gasteiger partial charge in [-0.2, -0.15) is 0 Å². The SMILES string of the molecule is CNC(c1ccc(C)cc1C)C1CCCCC1(C)C. The molecule has 1 N–H and O–H groups in total. The largest absolute Gasteiger partial charge is 0.313 e. The maximum atomic E-state index is 3.60. The maximum absolute atomic E-state index is 3.60. The first kappa shape index (κ1) is 14.6. The van der Waals surface area contributed by atoms with Crippen molar-refractivity contribution in [2.24, 2.45) is 11.3 Å². The molecule has 1 aromatic rings. The molecule has 1 aliphatic carbocycles. The van der Waals surface area contributed by atoms with Crippen molar-refractivity contribution in [1.82, 2.24) is 5.32 Å². The molecule has 0 aromatic heterocycles. The van der Waals surface area contributed by atoms with Crippen LogP contribution < -0.4 is 5.32 Å². The van der Waals surface area contributed by atoms with E-state index in [1.165, 1.54) is 42.4 Å². The van der Waals surface area contributed by atoms with Crippen LogP contribution in [0, 0.1) is 25.2 Å². The molecule has 1 nitrogen and oxygen atoms in total. The van der Waals surface area contributed by atoms with Crippen molar-refractivity contribution >= 4 is 0 Å². The minimum Gasteiger partial charge on any atom is -0.313 e. The van der Waals surface area contributed by atoms with Crippen molar-refractivity contribution in [3.05, 3.63) is 34.9 Å². The predicted octanol–water partition coefficient (Wildman–Crippen LogP) is 4.78. The lowest BCUT2D eigenvalue weighted by atomic mass is 9.64. The Kier molecular flexibility index (Phi) is 4.35. The van der Waals surface area contributed by atoms with E-state index < -0.39 is 0 Å². The molecular formula is C18H29N. The van der Waals surface area contributed by atoms with Crippen LogP contribution in [0.4, 0.5) is 0 Å². The molecule has 19 heavy (non-hydrogen) atoms. The summed E-state index contributed by atoms with van der Waals surface area (Å²) in [6.45, 7) is 9.33. The Labute approximate surface area is 118 Å². The van der Waals surface area contributed by atoms with Crippen molar-refractivity contribution in [2.45, 2.75) is 59.4 Å². The predicted molar refractivity (Wildman–Crippen MR) is 83.5 cm³/mol. The van der Waals surface area contributed by atoms with Crippen molar-refractivity contribution < 1.29 is 0 Å². The number of nitrogens with one attached hydrogen (secondary N) is 1. The number of aryl methyl sites for hydroxylation is 2. The first-order valence-electron chi connectivity index (χ1n) is 7.70. The van der Waals surface area contributed by atoms with Crippen molar-refractivity contribution in [2.75, 3.05) is 7.05 Å². The molecule has 2 unspecified atom stereocenters. The fraction of sp³-hybridized carbons (Fsp3) is 0.667. The van der Waals surface area contributed by atoms with Gasteiger partial charge in [0.1, 0.15) is 0 Å². The van der Waals surface area contributed by atoms with E-state index in [4.69, 9.17) is 0 Å². The van der Waals surface area contributed by atoms with Gasteiger partial charge >= 0.3 is 0 Å². The highest BCUT2D eigenvalue weighted by atomic mass is 14.9. The summed E-state index contributed by atoms with van der Waals surface area (Å²) in [6, 6.07) is 7.39. The van der Waals surface area contributed by atoms with Gasteiger partial charge in [0.05, 0.1) is 0 Å². The monoisotopic (exact) mass is 259 g/mol. The molecule has 2 rings (SSSR count). The van der Waals surface area contributed by atoms with Gasteiger partial charge in [0.25, 0.3) is 0 Å². The Bertz CT molecular complexity index is 433. The summed E-state index contributed by atoms with van der Waals surface area (Å²) in [5.41, 5.74) is 4.73. The minimum atomic E-state index is 0.448. The van der Waals surface area contributed by atoms with Crippen LogP contribution in [0.5, 0.6) is 0 Å². The van der Waals surface area contributed by atoms with Gasteiger partial charge in [-0.3, -0.25) is 0 Å². The molecule has 1 aromatic carbocycles. The lowest BCUT2D eigenvalue weighted by Gasteiger charge is -2.43. The van der Waals surface area contributed by atoms with Crippen LogP contribution in [0.15, 0.2) is 18.2 Å². The topological polar surface area (TPSA) is 12.0 Å².